The molecule has 9 nitrogen and oxygen atoms in total. The molecule has 2 aliphatic heterocycles. The number of anilines is 3. The molecule has 3 aromatic rings. The molecule has 0 unspecified atom stereocenters. The van der Waals surface area contributed by atoms with Crippen molar-refractivity contribution in [3.05, 3.63) is 63.9 Å². The number of amides is 2. The number of likely N-dealkylation sites (N-methyl/N-ethyl adjacent to an activating group) is 1. The Morgan fingerprint density at radius 1 is 1.22 bits per heavy atom. The normalized spacial score (nSPS) is 16.8. The van der Waals surface area contributed by atoms with E-state index in [1.54, 1.807) is 12.1 Å². The number of hydrogen-bond donors (Lipinski definition) is 3. The number of rotatable bonds is 5. The van der Waals surface area contributed by atoms with Gasteiger partial charge in [-0.25, -0.2) is 14.4 Å². The summed E-state index contributed by atoms with van der Waals surface area (Å²) in [6, 6.07) is 6.01. The maximum absolute atomic E-state index is 13.6. The van der Waals surface area contributed by atoms with Crippen LogP contribution < -0.4 is 10.6 Å². The number of halogens is 2. The molecule has 3 N–H and O–H groups in total. The van der Waals surface area contributed by atoms with Crippen LogP contribution in [0.5, 0.6) is 0 Å². The van der Waals surface area contributed by atoms with Crippen LogP contribution in [0.15, 0.2) is 30.6 Å². The van der Waals surface area contributed by atoms with Gasteiger partial charge in [-0.3, -0.25) is 9.59 Å². The first kappa shape index (κ1) is 24.0. The van der Waals surface area contributed by atoms with Crippen molar-refractivity contribution >= 4 is 52.4 Å². The summed E-state index contributed by atoms with van der Waals surface area (Å²) in [4.78, 5) is 41.7. The highest BCUT2D eigenvalue weighted by molar-refractivity contribution is 6.35. The van der Waals surface area contributed by atoms with Crippen molar-refractivity contribution < 1.29 is 14.0 Å². The molecule has 2 amide bonds. The smallest absolute Gasteiger partial charge is 0.270 e. The molecule has 0 aliphatic carbocycles. The standard InChI is InChI=1S/C25H25ClFN7O2/c1-3-33-6-8-34(9-7-33)25(36)20-10-14(2)19(31-20)12-16-21-22(28-13-29-23(21)32-24(16)35)30-15-4-5-18(27)17(26)11-15/h4-5,10-13,31H,3,6-9H2,1-2H3,(H2,28,29,30,32,35)/b16-12-. The third kappa shape index (κ3) is 4.57. The first-order valence-corrected chi connectivity index (χ1v) is 12.0. The molecule has 2 aromatic heterocycles. The van der Waals surface area contributed by atoms with Crippen molar-refractivity contribution in [2.75, 3.05) is 43.4 Å². The minimum atomic E-state index is -0.535. The first-order chi connectivity index (χ1) is 17.3. The molecule has 0 atom stereocenters. The number of benzene rings is 1. The van der Waals surface area contributed by atoms with Gasteiger partial charge in [-0.05, 0) is 49.4 Å². The predicted octanol–water partition coefficient (Wildman–Crippen LogP) is 3.92. The third-order valence-corrected chi connectivity index (χ3v) is 6.75. The average molecular weight is 510 g/mol. The summed E-state index contributed by atoms with van der Waals surface area (Å²) in [6.07, 6.45) is 3.01. The second-order valence-electron chi connectivity index (χ2n) is 8.72. The number of piperazine rings is 1. The van der Waals surface area contributed by atoms with Crippen molar-refractivity contribution in [2.24, 2.45) is 0 Å². The Hall–Kier alpha value is -3.76. The first-order valence-electron chi connectivity index (χ1n) is 11.7. The summed E-state index contributed by atoms with van der Waals surface area (Å²) in [5.41, 5.74) is 3.26. The molecular formula is C25H25ClFN7O2. The lowest BCUT2D eigenvalue weighted by atomic mass is 10.1. The molecule has 0 saturated carbocycles. The second kappa shape index (κ2) is 9.71. The van der Waals surface area contributed by atoms with E-state index in [9.17, 15) is 14.0 Å². The molecule has 186 valence electrons. The predicted molar refractivity (Wildman–Crippen MR) is 137 cm³/mol. The monoisotopic (exact) mass is 509 g/mol. The Balaban J connectivity index is 1.44. The number of H-pyrrole nitrogens is 1. The van der Waals surface area contributed by atoms with E-state index < -0.39 is 5.82 Å². The van der Waals surface area contributed by atoms with Crippen molar-refractivity contribution in [3.8, 4) is 0 Å². The van der Waals surface area contributed by atoms with Crippen LogP contribution in [-0.2, 0) is 4.79 Å². The van der Waals surface area contributed by atoms with Crippen LogP contribution in [0.3, 0.4) is 0 Å². The summed E-state index contributed by atoms with van der Waals surface area (Å²) >= 11 is 5.91. The van der Waals surface area contributed by atoms with Crippen LogP contribution in [0.25, 0.3) is 11.6 Å². The van der Waals surface area contributed by atoms with E-state index in [1.165, 1.54) is 24.5 Å². The van der Waals surface area contributed by atoms with E-state index in [4.69, 9.17) is 11.6 Å². The zero-order valence-electron chi connectivity index (χ0n) is 19.9. The fraction of sp³-hybridized carbons (Fsp3) is 0.280. The van der Waals surface area contributed by atoms with E-state index in [2.05, 4.69) is 37.4 Å². The van der Waals surface area contributed by atoms with Gasteiger partial charge >= 0.3 is 0 Å². The van der Waals surface area contributed by atoms with Crippen LogP contribution in [0.4, 0.5) is 21.7 Å². The Morgan fingerprint density at radius 2 is 2.00 bits per heavy atom. The van der Waals surface area contributed by atoms with Gasteiger partial charge in [-0.2, -0.15) is 0 Å². The van der Waals surface area contributed by atoms with Gasteiger partial charge in [0, 0.05) is 37.6 Å². The zero-order chi connectivity index (χ0) is 25.4. The Labute approximate surface area is 212 Å². The van der Waals surface area contributed by atoms with Crippen molar-refractivity contribution in [2.45, 2.75) is 13.8 Å². The SMILES string of the molecule is CCN1CCN(C(=O)c2cc(C)c(/C=C3\C(=O)Nc4ncnc(Nc5ccc(F)c(Cl)c5)c43)[nH]2)CC1. The summed E-state index contributed by atoms with van der Waals surface area (Å²) in [5.74, 6) is -0.225. The van der Waals surface area contributed by atoms with E-state index in [-0.39, 0.29) is 16.8 Å². The maximum Gasteiger partial charge on any atom is 0.270 e. The lowest BCUT2D eigenvalue weighted by molar-refractivity contribution is -0.110. The van der Waals surface area contributed by atoms with Crippen LogP contribution in [0.1, 0.15) is 34.2 Å². The van der Waals surface area contributed by atoms with E-state index >= 15 is 0 Å². The minimum absolute atomic E-state index is 0.0361. The second-order valence-corrected chi connectivity index (χ2v) is 9.13. The topological polar surface area (TPSA) is 106 Å². The van der Waals surface area contributed by atoms with Gasteiger partial charge < -0.3 is 25.4 Å². The molecule has 0 bridgehead atoms. The number of carbonyl (C=O) groups is 2. The number of hydrogen-bond acceptors (Lipinski definition) is 6. The Bertz CT molecular complexity index is 1380. The van der Waals surface area contributed by atoms with Gasteiger partial charge in [0.15, 0.2) is 0 Å². The molecule has 0 radical (unpaired) electrons. The molecule has 1 saturated heterocycles. The molecule has 0 spiro atoms. The van der Waals surface area contributed by atoms with E-state index in [0.29, 0.717) is 52.9 Å². The quantitative estimate of drug-likeness (QED) is 0.450. The average Bonchev–Trinajstić information content (AvgIpc) is 3.40. The summed E-state index contributed by atoms with van der Waals surface area (Å²) in [6.45, 7) is 8.02. The van der Waals surface area contributed by atoms with Gasteiger partial charge in [-0.1, -0.05) is 18.5 Å². The summed E-state index contributed by atoms with van der Waals surface area (Å²) in [7, 11) is 0. The van der Waals surface area contributed by atoms with Crippen LogP contribution in [0, 0.1) is 12.7 Å². The molecule has 11 heteroatoms. The molecule has 2 aliphatic rings. The van der Waals surface area contributed by atoms with Crippen LogP contribution in [-0.4, -0.2) is 69.3 Å². The molecule has 1 aromatic carbocycles. The third-order valence-electron chi connectivity index (χ3n) is 6.46. The van der Waals surface area contributed by atoms with Gasteiger partial charge in [0.1, 0.15) is 29.5 Å². The van der Waals surface area contributed by atoms with Gasteiger partial charge in [-0.15, -0.1) is 0 Å². The Kier molecular flexibility index (Phi) is 6.46. The molecule has 5 rings (SSSR count). The van der Waals surface area contributed by atoms with Gasteiger partial charge in [0.2, 0.25) is 0 Å². The fourth-order valence-corrected chi connectivity index (χ4v) is 4.57. The maximum atomic E-state index is 13.6. The van der Waals surface area contributed by atoms with Crippen molar-refractivity contribution in [1.82, 2.24) is 24.8 Å². The largest absolute Gasteiger partial charge is 0.351 e. The van der Waals surface area contributed by atoms with Gasteiger partial charge in [0.05, 0.1) is 16.2 Å². The molecule has 1 fully saturated rings. The number of aromatic amines is 1. The van der Waals surface area contributed by atoms with Crippen molar-refractivity contribution in [3.63, 3.8) is 0 Å². The number of fused-ring (bicyclic) bond motifs is 1. The minimum Gasteiger partial charge on any atom is -0.351 e. The highest BCUT2D eigenvalue weighted by Crippen LogP contribution is 2.37. The van der Waals surface area contributed by atoms with Crippen LogP contribution in [0.2, 0.25) is 5.02 Å². The Morgan fingerprint density at radius 3 is 2.72 bits per heavy atom. The highest BCUT2D eigenvalue weighted by atomic mass is 35.5. The van der Waals surface area contributed by atoms with Crippen LogP contribution >= 0.6 is 11.6 Å². The lowest BCUT2D eigenvalue weighted by Gasteiger charge is -2.33. The van der Waals surface area contributed by atoms with E-state index in [1.807, 2.05) is 11.8 Å². The van der Waals surface area contributed by atoms with Gasteiger partial charge in [0.25, 0.3) is 11.8 Å². The fourth-order valence-electron chi connectivity index (χ4n) is 4.39. The number of aryl methyl sites for hydroxylation is 1. The number of aromatic nitrogens is 3. The number of nitrogens with zero attached hydrogens (tertiary/aromatic N) is 4. The zero-order valence-corrected chi connectivity index (χ0v) is 20.6. The lowest BCUT2D eigenvalue weighted by Crippen LogP contribution is -2.48. The number of nitrogens with one attached hydrogen (secondary N) is 3. The molecule has 4 heterocycles. The summed E-state index contributed by atoms with van der Waals surface area (Å²) < 4.78 is 13.6. The summed E-state index contributed by atoms with van der Waals surface area (Å²) in [5, 5.41) is 5.80. The van der Waals surface area contributed by atoms with E-state index in [0.717, 1.165) is 25.2 Å². The molecule has 36 heavy (non-hydrogen) atoms. The molecular weight excluding hydrogens is 485 g/mol. The highest BCUT2D eigenvalue weighted by Gasteiger charge is 2.30. The number of carbonyl (C=O) groups excluding carboxylic acids is 2. The van der Waals surface area contributed by atoms with Crippen molar-refractivity contribution in [1.29, 1.82) is 0 Å².